The minimum absolute atomic E-state index is 0.0799. The molecule has 0 saturated carbocycles. The first-order chi connectivity index (χ1) is 11.8. The fourth-order valence-electron chi connectivity index (χ4n) is 3.03. The molecule has 1 aromatic rings. The molecule has 1 saturated heterocycles. The van der Waals surface area contributed by atoms with Crippen molar-refractivity contribution in [2.75, 3.05) is 11.4 Å². The van der Waals surface area contributed by atoms with Crippen molar-refractivity contribution in [3.63, 3.8) is 0 Å². The Balaban J connectivity index is 1.99. The summed E-state index contributed by atoms with van der Waals surface area (Å²) in [5.41, 5.74) is 1.17. The minimum atomic E-state index is -0.248. The van der Waals surface area contributed by atoms with E-state index in [-0.39, 0.29) is 35.9 Å². The van der Waals surface area contributed by atoms with Crippen LogP contribution in [0.3, 0.4) is 0 Å². The van der Waals surface area contributed by atoms with Gasteiger partial charge in [0.15, 0.2) is 5.78 Å². The van der Waals surface area contributed by atoms with Crippen LogP contribution in [0, 0.1) is 11.8 Å². The fraction of sp³-hybridized carbons (Fsp3) is 0.550. The number of carbonyl (C=O) groups is 3. The molecule has 2 amide bonds. The SMILES string of the molecule is CC(C)NCCCC(=O)c1ccc(N2C(=O)CC(C(C)C)C2=O)cc1. The van der Waals surface area contributed by atoms with Crippen LogP contribution in [0.5, 0.6) is 0 Å². The van der Waals surface area contributed by atoms with Gasteiger partial charge in [-0.1, -0.05) is 27.7 Å². The number of carbonyl (C=O) groups excluding carboxylic acids is 3. The van der Waals surface area contributed by atoms with Crippen LogP contribution in [0.1, 0.15) is 57.3 Å². The molecular weight excluding hydrogens is 316 g/mol. The van der Waals surface area contributed by atoms with Gasteiger partial charge in [0.2, 0.25) is 11.8 Å². The van der Waals surface area contributed by atoms with Crippen molar-refractivity contribution >= 4 is 23.3 Å². The Morgan fingerprint density at radius 2 is 1.80 bits per heavy atom. The average Bonchev–Trinajstić information content (AvgIpc) is 2.86. The number of anilines is 1. The molecule has 2 rings (SSSR count). The maximum Gasteiger partial charge on any atom is 0.237 e. The van der Waals surface area contributed by atoms with Crippen molar-refractivity contribution in [3.05, 3.63) is 29.8 Å². The number of nitrogens with zero attached hydrogens (tertiary/aromatic N) is 1. The summed E-state index contributed by atoms with van der Waals surface area (Å²) in [4.78, 5) is 38.1. The number of hydrogen-bond donors (Lipinski definition) is 1. The zero-order valence-electron chi connectivity index (χ0n) is 15.5. The number of rotatable bonds is 8. The summed E-state index contributed by atoms with van der Waals surface area (Å²) in [6, 6.07) is 7.21. The highest BCUT2D eigenvalue weighted by Gasteiger charge is 2.40. The number of nitrogens with one attached hydrogen (secondary N) is 1. The summed E-state index contributed by atoms with van der Waals surface area (Å²) in [6.45, 7) is 8.87. The van der Waals surface area contributed by atoms with Crippen LogP contribution in [0.2, 0.25) is 0 Å². The highest BCUT2D eigenvalue weighted by molar-refractivity contribution is 6.21. The molecule has 5 nitrogen and oxygen atoms in total. The lowest BCUT2D eigenvalue weighted by Gasteiger charge is -2.16. The largest absolute Gasteiger partial charge is 0.315 e. The van der Waals surface area contributed by atoms with E-state index in [1.165, 1.54) is 4.90 Å². The number of Topliss-reactive ketones (excluding diaryl/α,β-unsaturated/α-hetero) is 1. The lowest BCUT2D eigenvalue weighted by Crippen LogP contribution is -2.31. The van der Waals surface area contributed by atoms with Gasteiger partial charge in [0, 0.05) is 24.4 Å². The van der Waals surface area contributed by atoms with Gasteiger partial charge in [0.25, 0.3) is 0 Å². The van der Waals surface area contributed by atoms with Crippen LogP contribution >= 0.6 is 0 Å². The topological polar surface area (TPSA) is 66.5 Å². The molecule has 1 fully saturated rings. The van der Waals surface area contributed by atoms with Crippen molar-refractivity contribution in [2.24, 2.45) is 11.8 Å². The molecule has 0 aromatic heterocycles. The van der Waals surface area contributed by atoms with E-state index in [4.69, 9.17) is 0 Å². The summed E-state index contributed by atoms with van der Waals surface area (Å²) in [6.07, 6.45) is 1.54. The Hall–Kier alpha value is -2.01. The Morgan fingerprint density at radius 1 is 1.16 bits per heavy atom. The van der Waals surface area contributed by atoms with Crippen LogP contribution in [0.15, 0.2) is 24.3 Å². The van der Waals surface area contributed by atoms with E-state index in [2.05, 4.69) is 19.2 Å². The van der Waals surface area contributed by atoms with E-state index in [9.17, 15) is 14.4 Å². The zero-order valence-corrected chi connectivity index (χ0v) is 15.5. The van der Waals surface area contributed by atoms with Gasteiger partial charge in [-0.25, -0.2) is 0 Å². The van der Waals surface area contributed by atoms with Gasteiger partial charge in [-0.05, 0) is 43.1 Å². The molecule has 1 N–H and O–H groups in total. The Labute approximate surface area is 149 Å². The summed E-state index contributed by atoms with van der Waals surface area (Å²) in [5, 5.41) is 3.29. The number of hydrogen-bond acceptors (Lipinski definition) is 4. The highest BCUT2D eigenvalue weighted by atomic mass is 16.2. The lowest BCUT2D eigenvalue weighted by molar-refractivity contribution is -0.122. The molecule has 1 atom stereocenters. The van der Waals surface area contributed by atoms with Gasteiger partial charge in [0.1, 0.15) is 0 Å². The van der Waals surface area contributed by atoms with Crippen LogP contribution in [0.25, 0.3) is 0 Å². The first-order valence-corrected chi connectivity index (χ1v) is 9.04. The average molecular weight is 344 g/mol. The van der Waals surface area contributed by atoms with E-state index >= 15 is 0 Å². The monoisotopic (exact) mass is 344 g/mol. The summed E-state index contributed by atoms with van der Waals surface area (Å²) in [7, 11) is 0. The standard InChI is InChI=1S/C20H28N2O3/c1-13(2)17-12-19(24)22(20(17)25)16-9-7-15(8-10-16)18(23)6-5-11-21-14(3)4/h7-10,13-14,17,21H,5-6,11-12H2,1-4H3. The van der Waals surface area contributed by atoms with Gasteiger partial charge in [0.05, 0.1) is 11.6 Å². The van der Waals surface area contributed by atoms with Gasteiger partial charge < -0.3 is 5.32 Å². The highest BCUT2D eigenvalue weighted by Crippen LogP contribution is 2.30. The molecule has 0 radical (unpaired) electrons. The predicted octanol–water partition coefficient (Wildman–Crippen LogP) is 3.18. The maximum absolute atomic E-state index is 12.4. The lowest BCUT2D eigenvalue weighted by atomic mass is 9.94. The zero-order chi connectivity index (χ0) is 18.6. The van der Waals surface area contributed by atoms with Crippen LogP contribution in [-0.2, 0) is 9.59 Å². The normalized spacial score (nSPS) is 17.8. The molecule has 1 aliphatic rings. The second kappa shape index (κ2) is 8.39. The van der Waals surface area contributed by atoms with Crippen molar-refractivity contribution in [1.29, 1.82) is 0 Å². The van der Waals surface area contributed by atoms with Crippen LogP contribution < -0.4 is 10.2 Å². The number of imide groups is 1. The van der Waals surface area contributed by atoms with Crippen molar-refractivity contribution in [3.8, 4) is 0 Å². The van der Waals surface area contributed by atoms with E-state index in [1.54, 1.807) is 24.3 Å². The molecule has 5 heteroatoms. The fourth-order valence-corrected chi connectivity index (χ4v) is 3.03. The smallest absolute Gasteiger partial charge is 0.237 e. The molecule has 0 aliphatic carbocycles. The Kier molecular flexibility index (Phi) is 6.48. The van der Waals surface area contributed by atoms with Gasteiger partial charge in [-0.2, -0.15) is 0 Å². The quantitative estimate of drug-likeness (QED) is 0.447. The van der Waals surface area contributed by atoms with Crippen LogP contribution in [0.4, 0.5) is 5.69 Å². The third-order valence-corrected chi connectivity index (χ3v) is 4.57. The Morgan fingerprint density at radius 3 is 2.32 bits per heavy atom. The van der Waals surface area contributed by atoms with Gasteiger partial charge >= 0.3 is 0 Å². The molecule has 1 aliphatic heterocycles. The minimum Gasteiger partial charge on any atom is -0.315 e. The summed E-state index contributed by atoms with van der Waals surface area (Å²) in [5.74, 6) is -0.332. The van der Waals surface area contributed by atoms with Crippen molar-refractivity contribution in [2.45, 2.75) is 53.0 Å². The Bertz CT molecular complexity index is 635. The first-order valence-electron chi connectivity index (χ1n) is 9.04. The number of amides is 2. The van der Waals surface area contributed by atoms with Gasteiger partial charge in [-0.15, -0.1) is 0 Å². The molecule has 1 heterocycles. The summed E-state index contributed by atoms with van der Waals surface area (Å²) < 4.78 is 0. The molecule has 0 spiro atoms. The molecule has 1 unspecified atom stereocenters. The van der Waals surface area contributed by atoms with Gasteiger partial charge in [-0.3, -0.25) is 19.3 Å². The second-order valence-corrected chi connectivity index (χ2v) is 7.30. The molecular formula is C20H28N2O3. The summed E-state index contributed by atoms with van der Waals surface area (Å²) >= 11 is 0. The molecule has 25 heavy (non-hydrogen) atoms. The van der Waals surface area contributed by atoms with Crippen molar-refractivity contribution < 1.29 is 14.4 Å². The van der Waals surface area contributed by atoms with E-state index < -0.39 is 0 Å². The molecule has 1 aromatic carbocycles. The van der Waals surface area contributed by atoms with Crippen LogP contribution in [-0.4, -0.2) is 30.2 Å². The third kappa shape index (κ3) is 4.75. The van der Waals surface area contributed by atoms with E-state index in [1.807, 2.05) is 13.8 Å². The van der Waals surface area contributed by atoms with Crippen molar-refractivity contribution in [1.82, 2.24) is 5.32 Å². The first kappa shape index (κ1) is 19.3. The number of ketones is 1. The maximum atomic E-state index is 12.4. The molecule has 136 valence electrons. The van der Waals surface area contributed by atoms with E-state index in [0.29, 0.717) is 23.7 Å². The molecule has 0 bridgehead atoms. The predicted molar refractivity (Wildman–Crippen MR) is 98.6 cm³/mol. The van der Waals surface area contributed by atoms with E-state index in [0.717, 1.165) is 13.0 Å². The second-order valence-electron chi connectivity index (χ2n) is 7.30. The third-order valence-electron chi connectivity index (χ3n) is 4.57. The number of benzene rings is 1.